The second-order valence-corrected chi connectivity index (χ2v) is 9.03. The zero-order valence-electron chi connectivity index (χ0n) is 19.6. The molecule has 0 fully saturated rings. The molecule has 0 saturated carbocycles. The summed E-state index contributed by atoms with van der Waals surface area (Å²) in [7, 11) is 0. The van der Waals surface area contributed by atoms with Gasteiger partial charge in [0.1, 0.15) is 0 Å². The second-order valence-electron chi connectivity index (χ2n) is 8.51. The van der Waals surface area contributed by atoms with Gasteiger partial charge in [-0.25, -0.2) is 0 Å². The fourth-order valence-corrected chi connectivity index (χ4v) is 4.16. The first-order valence-corrected chi connectivity index (χ1v) is 12.5. The van der Waals surface area contributed by atoms with E-state index >= 15 is 0 Å². The van der Waals surface area contributed by atoms with Crippen molar-refractivity contribution in [1.29, 1.82) is 0 Å². The highest BCUT2D eigenvalue weighted by atomic mass is 32.1. The average Bonchev–Trinajstić information content (AvgIpc) is 3.21. The lowest BCUT2D eigenvalue weighted by molar-refractivity contribution is -0.120. The first-order valence-electron chi connectivity index (χ1n) is 12.1. The predicted molar refractivity (Wildman–Crippen MR) is 142 cm³/mol. The van der Waals surface area contributed by atoms with Crippen LogP contribution in [0, 0.1) is 0 Å². The summed E-state index contributed by atoms with van der Waals surface area (Å²) in [5.74, 6) is 0.0316. The van der Waals surface area contributed by atoms with Crippen LogP contribution in [0.15, 0.2) is 101 Å². The van der Waals surface area contributed by atoms with Crippen LogP contribution in [0.25, 0.3) is 0 Å². The van der Waals surface area contributed by atoms with E-state index in [1.165, 1.54) is 18.4 Å². The largest absolute Gasteiger partial charge is 0.385 e. The third-order valence-electron chi connectivity index (χ3n) is 5.78. The Bertz CT molecular complexity index is 964. The average molecular weight is 461 g/mol. The number of benzene rings is 1. The number of allylic oxidation sites excluding steroid dienone is 9. The molecule has 174 valence electrons. The summed E-state index contributed by atoms with van der Waals surface area (Å²) in [4.78, 5) is 14.0. The smallest absolute Gasteiger partial charge is 0.224 e. The molecule has 0 saturated heterocycles. The molecule has 1 unspecified atom stereocenters. The molecule has 1 aromatic rings. The standard InChI is InChI=1S/C29H36N2OS/c1-2-3-11-20-30-27-15-10-6-9-14-26(27)28(21-23-12-7-4-5-8-13-23)31-29(32)22-24-16-18-25(33)19-17-24/h4,6-8,10,12-19,28,30,33H,2-3,5,9,11,20-22H2,1H3,(H,31,32). The Morgan fingerprint density at radius 2 is 1.82 bits per heavy atom. The summed E-state index contributed by atoms with van der Waals surface area (Å²) < 4.78 is 0. The molecule has 1 atom stereocenters. The highest BCUT2D eigenvalue weighted by molar-refractivity contribution is 7.80. The molecule has 4 heteroatoms. The maximum atomic E-state index is 13.1. The van der Waals surface area contributed by atoms with E-state index in [-0.39, 0.29) is 11.9 Å². The first-order chi connectivity index (χ1) is 16.2. The molecule has 3 nitrogen and oxygen atoms in total. The molecule has 0 radical (unpaired) electrons. The quantitative estimate of drug-likeness (QED) is 0.265. The Balaban J connectivity index is 1.79. The van der Waals surface area contributed by atoms with Gasteiger partial charge in [0, 0.05) is 17.1 Å². The van der Waals surface area contributed by atoms with Crippen LogP contribution in [-0.2, 0) is 11.2 Å². The van der Waals surface area contributed by atoms with E-state index < -0.39 is 0 Å². The second kappa shape index (κ2) is 13.7. The molecule has 0 spiro atoms. The Labute approximate surface area is 204 Å². The van der Waals surface area contributed by atoms with Gasteiger partial charge in [-0.05, 0) is 60.6 Å². The summed E-state index contributed by atoms with van der Waals surface area (Å²) in [5, 5.41) is 6.98. The summed E-state index contributed by atoms with van der Waals surface area (Å²) in [6, 6.07) is 7.68. The van der Waals surface area contributed by atoms with Crippen molar-refractivity contribution in [3.8, 4) is 0 Å². The van der Waals surface area contributed by atoms with Crippen molar-refractivity contribution in [1.82, 2.24) is 10.6 Å². The lowest BCUT2D eigenvalue weighted by Gasteiger charge is -2.25. The normalized spacial score (nSPS) is 16.2. The van der Waals surface area contributed by atoms with Crippen molar-refractivity contribution < 1.29 is 4.79 Å². The van der Waals surface area contributed by atoms with Crippen LogP contribution in [0.5, 0.6) is 0 Å². The number of hydrogen-bond acceptors (Lipinski definition) is 3. The third kappa shape index (κ3) is 8.62. The summed E-state index contributed by atoms with van der Waals surface area (Å²) in [6.07, 6.45) is 25.9. The number of hydrogen-bond donors (Lipinski definition) is 3. The van der Waals surface area contributed by atoms with Gasteiger partial charge in [-0.2, -0.15) is 0 Å². The van der Waals surface area contributed by atoms with Crippen LogP contribution in [0.4, 0.5) is 0 Å². The Morgan fingerprint density at radius 1 is 1.03 bits per heavy atom. The number of carbonyl (C=O) groups is 1. The van der Waals surface area contributed by atoms with E-state index in [2.05, 4.69) is 84.9 Å². The zero-order valence-corrected chi connectivity index (χ0v) is 20.5. The van der Waals surface area contributed by atoms with E-state index in [0.29, 0.717) is 6.42 Å². The molecule has 0 bridgehead atoms. The van der Waals surface area contributed by atoms with E-state index in [4.69, 9.17) is 0 Å². The van der Waals surface area contributed by atoms with Crippen LogP contribution in [-0.4, -0.2) is 18.5 Å². The highest BCUT2D eigenvalue weighted by Crippen LogP contribution is 2.23. The van der Waals surface area contributed by atoms with Crippen molar-refractivity contribution in [2.45, 2.75) is 62.8 Å². The van der Waals surface area contributed by atoms with Gasteiger partial charge in [-0.1, -0.05) is 80.5 Å². The predicted octanol–water partition coefficient (Wildman–Crippen LogP) is 6.39. The van der Waals surface area contributed by atoms with Gasteiger partial charge in [0.2, 0.25) is 5.91 Å². The topological polar surface area (TPSA) is 41.1 Å². The minimum atomic E-state index is -0.103. The lowest BCUT2D eigenvalue weighted by atomic mass is 9.94. The molecular formula is C29H36N2OS. The molecule has 3 rings (SSSR count). The fourth-order valence-electron chi connectivity index (χ4n) is 4.01. The summed E-state index contributed by atoms with van der Waals surface area (Å²) in [6.45, 7) is 3.16. The van der Waals surface area contributed by atoms with Crippen LogP contribution >= 0.6 is 12.6 Å². The Morgan fingerprint density at radius 3 is 2.64 bits per heavy atom. The summed E-state index contributed by atoms with van der Waals surface area (Å²) >= 11 is 4.35. The van der Waals surface area contributed by atoms with Gasteiger partial charge in [-0.15, -0.1) is 12.6 Å². The van der Waals surface area contributed by atoms with Crippen LogP contribution in [0.1, 0.15) is 51.0 Å². The number of unbranched alkanes of at least 4 members (excludes halogenated alkanes) is 2. The van der Waals surface area contributed by atoms with E-state index in [0.717, 1.165) is 54.0 Å². The maximum absolute atomic E-state index is 13.1. The van der Waals surface area contributed by atoms with E-state index in [9.17, 15) is 4.79 Å². The molecule has 0 heterocycles. The number of carbonyl (C=O) groups excluding carboxylic acids is 1. The van der Waals surface area contributed by atoms with Gasteiger partial charge >= 0.3 is 0 Å². The minimum absolute atomic E-state index is 0.0316. The maximum Gasteiger partial charge on any atom is 0.224 e. The molecule has 1 amide bonds. The van der Waals surface area contributed by atoms with Crippen molar-refractivity contribution in [3.05, 3.63) is 101 Å². The first kappa shape index (κ1) is 24.9. The number of nitrogens with one attached hydrogen (secondary N) is 2. The Kier molecular flexibility index (Phi) is 10.4. The molecule has 0 aromatic heterocycles. The monoisotopic (exact) mass is 460 g/mol. The summed E-state index contributed by atoms with van der Waals surface area (Å²) in [5.41, 5.74) is 4.49. The van der Waals surface area contributed by atoms with Gasteiger partial charge in [0.25, 0.3) is 0 Å². The zero-order chi connectivity index (χ0) is 23.3. The number of amides is 1. The molecule has 1 aromatic carbocycles. The van der Waals surface area contributed by atoms with Crippen LogP contribution in [0.3, 0.4) is 0 Å². The van der Waals surface area contributed by atoms with Gasteiger partial charge < -0.3 is 10.6 Å². The fraction of sp³-hybridized carbons (Fsp3) is 0.345. The molecule has 2 aliphatic rings. The number of thiol groups is 1. The minimum Gasteiger partial charge on any atom is -0.385 e. The van der Waals surface area contributed by atoms with E-state index in [1.54, 1.807) is 0 Å². The van der Waals surface area contributed by atoms with Crippen molar-refractivity contribution in [3.63, 3.8) is 0 Å². The van der Waals surface area contributed by atoms with Crippen LogP contribution < -0.4 is 10.6 Å². The lowest BCUT2D eigenvalue weighted by Crippen LogP contribution is -2.39. The highest BCUT2D eigenvalue weighted by Gasteiger charge is 2.22. The van der Waals surface area contributed by atoms with Crippen molar-refractivity contribution in [2.75, 3.05) is 6.54 Å². The molecule has 2 N–H and O–H groups in total. The van der Waals surface area contributed by atoms with Crippen molar-refractivity contribution in [2.24, 2.45) is 0 Å². The number of rotatable bonds is 11. The van der Waals surface area contributed by atoms with Gasteiger partial charge in [0.15, 0.2) is 0 Å². The van der Waals surface area contributed by atoms with Gasteiger partial charge in [-0.3, -0.25) is 4.79 Å². The SMILES string of the molecule is CCCCCNC1=CC=CCC=C1C(CC1=CC=CCC=C1)NC(=O)Cc1ccc(S)cc1. The molecule has 0 aliphatic heterocycles. The van der Waals surface area contributed by atoms with E-state index in [1.807, 2.05) is 24.3 Å². The van der Waals surface area contributed by atoms with Crippen LogP contribution in [0.2, 0.25) is 0 Å². The van der Waals surface area contributed by atoms with Crippen molar-refractivity contribution >= 4 is 18.5 Å². The molecule has 2 aliphatic carbocycles. The Hall–Kier alpha value is -2.72. The third-order valence-corrected chi connectivity index (χ3v) is 6.08. The van der Waals surface area contributed by atoms with Gasteiger partial charge in [0.05, 0.1) is 12.5 Å². The molecule has 33 heavy (non-hydrogen) atoms. The molecular weight excluding hydrogens is 424 g/mol.